The van der Waals surface area contributed by atoms with Gasteiger partial charge >= 0.3 is 6.18 Å². The summed E-state index contributed by atoms with van der Waals surface area (Å²) in [6.07, 6.45) is -4.68. The maximum atomic E-state index is 12.9. The van der Waals surface area contributed by atoms with Gasteiger partial charge in [0.05, 0.1) is 37.8 Å². The molecule has 0 unspecified atom stereocenters. The average Bonchev–Trinajstić information content (AvgIpc) is 3.28. The number of nitrogens with zero attached hydrogens (tertiary/aromatic N) is 2. The minimum atomic E-state index is -4.68. The number of aromatic nitrogens is 2. The summed E-state index contributed by atoms with van der Waals surface area (Å²) in [4.78, 5) is 3.64. The van der Waals surface area contributed by atoms with Crippen molar-refractivity contribution < 1.29 is 40.3 Å². The maximum absolute atomic E-state index is 12.9. The number of ether oxygens (including phenoxy) is 3. The summed E-state index contributed by atoms with van der Waals surface area (Å²) >= 11 is 0. The van der Waals surface area contributed by atoms with E-state index in [0.29, 0.717) is 28.9 Å². The van der Waals surface area contributed by atoms with E-state index in [0.717, 1.165) is 18.2 Å². The molecule has 0 aliphatic heterocycles. The van der Waals surface area contributed by atoms with Gasteiger partial charge in [-0.1, -0.05) is 11.2 Å². The number of nitrogens with one attached hydrogen (secondary N) is 1. The van der Waals surface area contributed by atoms with Crippen molar-refractivity contribution in [3.63, 3.8) is 0 Å². The van der Waals surface area contributed by atoms with E-state index in [1.165, 1.54) is 28.3 Å². The molecule has 0 aliphatic rings. The lowest BCUT2D eigenvalue weighted by atomic mass is 10.1. The largest absolute Gasteiger partial charge is 0.493 e. The number of methoxy groups -OCH3 is 3. The molecule has 0 saturated carbocycles. The zero-order chi connectivity index (χ0) is 24.4. The maximum Gasteiger partial charge on any atom is 0.416 e. The molecule has 0 fully saturated rings. The van der Waals surface area contributed by atoms with E-state index in [9.17, 15) is 21.6 Å². The molecule has 0 aliphatic carbocycles. The van der Waals surface area contributed by atoms with Gasteiger partial charge in [-0.15, -0.1) is 0 Å². The van der Waals surface area contributed by atoms with Crippen LogP contribution in [0.25, 0.3) is 11.4 Å². The Morgan fingerprint density at radius 2 is 1.67 bits per heavy atom. The van der Waals surface area contributed by atoms with Gasteiger partial charge < -0.3 is 18.7 Å². The third-order valence-corrected chi connectivity index (χ3v) is 6.08. The van der Waals surface area contributed by atoms with Crippen molar-refractivity contribution in [3.8, 4) is 28.6 Å². The fourth-order valence-electron chi connectivity index (χ4n) is 2.93. The van der Waals surface area contributed by atoms with Crippen LogP contribution in [-0.4, -0.2) is 39.9 Å². The van der Waals surface area contributed by atoms with E-state index in [1.54, 1.807) is 12.1 Å². The monoisotopic (exact) mass is 487 g/mol. The van der Waals surface area contributed by atoms with Crippen molar-refractivity contribution in [2.24, 2.45) is 0 Å². The predicted octanol–water partition coefficient (Wildman–Crippen LogP) is 3.82. The molecule has 13 heteroatoms. The van der Waals surface area contributed by atoms with Gasteiger partial charge in [-0.05, 0) is 37.3 Å². The number of benzene rings is 2. The van der Waals surface area contributed by atoms with Crippen LogP contribution in [0.3, 0.4) is 0 Å². The molecule has 2 aromatic carbocycles. The number of alkyl halides is 3. The molecule has 0 spiro atoms. The van der Waals surface area contributed by atoms with Gasteiger partial charge in [0.15, 0.2) is 11.5 Å². The van der Waals surface area contributed by atoms with Crippen LogP contribution in [0.5, 0.6) is 17.2 Å². The molecule has 9 nitrogen and oxygen atoms in total. The Kier molecular flexibility index (Phi) is 6.84. The number of hydrogen-bond donors (Lipinski definition) is 1. The second kappa shape index (κ2) is 9.27. The minimum absolute atomic E-state index is 0.102. The summed E-state index contributed by atoms with van der Waals surface area (Å²) in [6.45, 7) is 1.41. The molecular formula is C20H20F3N3O6S. The molecule has 1 atom stereocenters. The van der Waals surface area contributed by atoms with Crippen molar-refractivity contribution in [1.82, 2.24) is 14.9 Å². The standard InChI is InChI=1S/C20H20F3N3O6S/c1-11(26-33(27,28)14-7-5-6-13(10-14)20(21,22)23)19-24-18(25-32-19)12-8-15(29-2)17(31-4)16(9-12)30-3/h5-11,26H,1-4H3/t11-/m1/s1. The summed E-state index contributed by atoms with van der Waals surface area (Å²) in [5, 5.41) is 3.84. The molecule has 0 bridgehead atoms. The Morgan fingerprint density at radius 1 is 1.03 bits per heavy atom. The highest BCUT2D eigenvalue weighted by molar-refractivity contribution is 7.89. The number of halogens is 3. The first-order valence-corrected chi connectivity index (χ1v) is 10.8. The molecule has 178 valence electrons. The smallest absolute Gasteiger partial charge is 0.416 e. The predicted molar refractivity (Wildman–Crippen MR) is 110 cm³/mol. The third-order valence-electron chi connectivity index (χ3n) is 4.54. The fourth-order valence-corrected chi connectivity index (χ4v) is 4.17. The highest BCUT2D eigenvalue weighted by Crippen LogP contribution is 2.40. The number of hydrogen-bond acceptors (Lipinski definition) is 8. The van der Waals surface area contributed by atoms with Crippen LogP contribution in [0.1, 0.15) is 24.4 Å². The Bertz CT molecular complexity index is 1220. The first kappa shape index (κ1) is 24.3. The van der Waals surface area contributed by atoms with Gasteiger partial charge in [-0.25, -0.2) is 8.42 Å². The Balaban J connectivity index is 1.87. The van der Waals surface area contributed by atoms with E-state index in [2.05, 4.69) is 14.9 Å². The SMILES string of the molecule is COc1cc(-c2noc([C@@H](C)NS(=O)(=O)c3cccc(C(F)(F)F)c3)n2)cc(OC)c1OC. The summed E-state index contributed by atoms with van der Waals surface area (Å²) in [6, 6.07) is 5.51. The van der Waals surface area contributed by atoms with Crippen molar-refractivity contribution in [1.29, 1.82) is 0 Å². The Labute approximate surface area is 187 Å². The Morgan fingerprint density at radius 3 is 2.21 bits per heavy atom. The van der Waals surface area contributed by atoms with Crippen molar-refractivity contribution in [2.45, 2.75) is 24.0 Å². The molecule has 0 radical (unpaired) electrons. The van der Waals surface area contributed by atoms with Crippen LogP contribution in [0.15, 0.2) is 45.8 Å². The van der Waals surface area contributed by atoms with Gasteiger partial charge in [0, 0.05) is 5.56 Å². The summed E-state index contributed by atoms with van der Waals surface area (Å²) in [5.41, 5.74) is -0.645. The highest BCUT2D eigenvalue weighted by Gasteiger charge is 2.32. The molecule has 1 aromatic heterocycles. The first-order chi connectivity index (χ1) is 15.5. The fraction of sp³-hybridized carbons (Fsp3) is 0.300. The Hall–Kier alpha value is -3.32. The van der Waals surface area contributed by atoms with Crippen LogP contribution >= 0.6 is 0 Å². The lowest BCUT2D eigenvalue weighted by molar-refractivity contribution is -0.137. The summed E-state index contributed by atoms with van der Waals surface area (Å²) < 4.78 is 87.2. The average molecular weight is 487 g/mol. The number of sulfonamides is 1. The van der Waals surface area contributed by atoms with Gasteiger partial charge in [-0.3, -0.25) is 0 Å². The van der Waals surface area contributed by atoms with E-state index in [1.807, 2.05) is 0 Å². The lowest BCUT2D eigenvalue weighted by Crippen LogP contribution is -2.27. The molecular weight excluding hydrogens is 467 g/mol. The van der Waals surface area contributed by atoms with Crippen LogP contribution in [-0.2, 0) is 16.2 Å². The van der Waals surface area contributed by atoms with Crippen LogP contribution in [0.4, 0.5) is 13.2 Å². The van der Waals surface area contributed by atoms with Crippen molar-refractivity contribution in [2.75, 3.05) is 21.3 Å². The molecule has 1 N–H and O–H groups in total. The van der Waals surface area contributed by atoms with Crippen LogP contribution in [0.2, 0.25) is 0 Å². The molecule has 0 saturated heterocycles. The third kappa shape index (κ3) is 5.20. The quantitative estimate of drug-likeness (QED) is 0.510. The lowest BCUT2D eigenvalue weighted by Gasteiger charge is -2.13. The summed E-state index contributed by atoms with van der Waals surface area (Å²) in [7, 11) is 0.0143. The van der Waals surface area contributed by atoms with E-state index < -0.39 is 32.7 Å². The van der Waals surface area contributed by atoms with Crippen molar-refractivity contribution in [3.05, 3.63) is 47.9 Å². The van der Waals surface area contributed by atoms with E-state index in [-0.39, 0.29) is 11.7 Å². The van der Waals surface area contributed by atoms with Gasteiger partial charge in [0.1, 0.15) is 0 Å². The summed E-state index contributed by atoms with van der Waals surface area (Å²) in [5.74, 6) is 1.05. The van der Waals surface area contributed by atoms with E-state index in [4.69, 9.17) is 18.7 Å². The number of rotatable bonds is 8. The van der Waals surface area contributed by atoms with Gasteiger partial charge in [0.25, 0.3) is 0 Å². The zero-order valence-electron chi connectivity index (χ0n) is 17.9. The van der Waals surface area contributed by atoms with Crippen molar-refractivity contribution >= 4 is 10.0 Å². The minimum Gasteiger partial charge on any atom is -0.493 e. The van der Waals surface area contributed by atoms with Gasteiger partial charge in [0.2, 0.25) is 27.5 Å². The second-order valence-corrected chi connectivity index (χ2v) is 8.45. The molecule has 1 heterocycles. The molecule has 33 heavy (non-hydrogen) atoms. The molecule has 3 rings (SSSR count). The van der Waals surface area contributed by atoms with Gasteiger partial charge in [-0.2, -0.15) is 22.9 Å². The highest BCUT2D eigenvalue weighted by atomic mass is 32.2. The normalized spacial score (nSPS) is 12.9. The van der Waals surface area contributed by atoms with E-state index >= 15 is 0 Å². The van der Waals surface area contributed by atoms with Crippen LogP contribution in [0, 0.1) is 0 Å². The topological polar surface area (TPSA) is 113 Å². The second-order valence-electron chi connectivity index (χ2n) is 6.74. The molecule has 3 aromatic rings. The van der Waals surface area contributed by atoms with Crippen LogP contribution < -0.4 is 18.9 Å². The zero-order valence-corrected chi connectivity index (χ0v) is 18.7. The molecule has 0 amide bonds. The first-order valence-electron chi connectivity index (χ1n) is 9.33.